The molecule has 0 radical (unpaired) electrons. The third kappa shape index (κ3) is 6.20. The molecule has 0 bridgehead atoms. The highest BCUT2D eigenvalue weighted by Gasteiger charge is 2.41. The van der Waals surface area contributed by atoms with Crippen LogP contribution in [0.5, 0.6) is 0 Å². The van der Waals surface area contributed by atoms with Gasteiger partial charge < -0.3 is 14.2 Å². The van der Waals surface area contributed by atoms with Gasteiger partial charge in [0.15, 0.2) is 9.84 Å². The molecule has 45 heavy (non-hydrogen) atoms. The highest BCUT2D eigenvalue weighted by atomic mass is 32.2. The monoisotopic (exact) mass is 645 g/mol. The molecular formula is C31H31F4N5O4S. The lowest BCUT2D eigenvalue weighted by Crippen LogP contribution is -2.49. The number of allylic oxidation sites excluding steroid dienone is 1. The van der Waals surface area contributed by atoms with Crippen LogP contribution in [-0.2, 0) is 22.6 Å². The van der Waals surface area contributed by atoms with E-state index in [1.54, 1.807) is 12.1 Å². The third-order valence-corrected chi connectivity index (χ3v) is 10.4. The molecule has 2 atom stereocenters. The summed E-state index contributed by atoms with van der Waals surface area (Å²) in [6.45, 7) is 2.03. The molecule has 0 spiro atoms. The van der Waals surface area contributed by atoms with E-state index in [0.717, 1.165) is 24.5 Å². The number of nitrogens with zero attached hydrogens (tertiary/aromatic N) is 5. The summed E-state index contributed by atoms with van der Waals surface area (Å²) in [7, 11) is -1.18. The SMILES string of the molecule is CN1C=CC2(C)CC(c3ccc(N(Cc4ccc(-c5nnc(C(F)(F)F)o5)cc4F)C(=O)N4CCS(=O)(=O)CC4)cc3)=CCC12. The number of sulfone groups is 1. The maximum Gasteiger partial charge on any atom is 0.470 e. The van der Waals surface area contributed by atoms with Crippen molar-refractivity contribution in [2.75, 3.05) is 36.5 Å². The lowest BCUT2D eigenvalue weighted by molar-refractivity contribution is -0.156. The molecule has 1 aromatic heterocycles. The van der Waals surface area contributed by atoms with Crippen LogP contribution in [0, 0.1) is 11.2 Å². The summed E-state index contributed by atoms with van der Waals surface area (Å²) in [5, 5.41) is 6.35. The average molecular weight is 646 g/mol. The molecule has 9 nitrogen and oxygen atoms in total. The number of halogens is 4. The van der Waals surface area contributed by atoms with E-state index in [0.29, 0.717) is 11.7 Å². The van der Waals surface area contributed by atoms with Crippen molar-refractivity contribution < 1.29 is 35.2 Å². The zero-order valence-corrected chi connectivity index (χ0v) is 25.4. The number of rotatable bonds is 5. The normalized spacial score (nSPS) is 22.7. The van der Waals surface area contributed by atoms with Crippen molar-refractivity contribution in [1.82, 2.24) is 20.0 Å². The summed E-state index contributed by atoms with van der Waals surface area (Å²) >= 11 is 0. The number of hydrogen-bond acceptors (Lipinski definition) is 7. The van der Waals surface area contributed by atoms with Crippen LogP contribution in [-0.4, -0.2) is 72.1 Å². The van der Waals surface area contributed by atoms with Gasteiger partial charge in [-0.2, -0.15) is 13.2 Å². The quantitative estimate of drug-likeness (QED) is 0.325. The molecule has 238 valence electrons. The van der Waals surface area contributed by atoms with Gasteiger partial charge in [-0.25, -0.2) is 17.6 Å². The zero-order chi connectivity index (χ0) is 32.1. The van der Waals surface area contributed by atoms with Gasteiger partial charge in [-0.05, 0) is 54.4 Å². The molecule has 1 fully saturated rings. The molecule has 1 saturated heterocycles. The summed E-state index contributed by atoms with van der Waals surface area (Å²) in [6, 6.07) is 11.0. The molecule has 2 aliphatic heterocycles. The minimum absolute atomic E-state index is 0.00444. The number of aromatic nitrogens is 2. The smallest absolute Gasteiger partial charge is 0.413 e. The summed E-state index contributed by atoms with van der Waals surface area (Å²) in [6.07, 6.45) is 3.51. The average Bonchev–Trinajstić information content (AvgIpc) is 3.61. The first-order valence-electron chi connectivity index (χ1n) is 14.4. The molecule has 1 aliphatic carbocycles. The highest BCUT2D eigenvalue weighted by molar-refractivity contribution is 7.91. The predicted molar refractivity (Wildman–Crippen MR) is 159 cm³/mol. The third-order valence-electron chi connectivity index (χ3n) is 8.79. The van der Waals surface area contributed by atoms with Gasteiger partial charge in [-0.3, -0.25) is 4.90 Å². The van der Waals surface area contributed by atoms with Gasteiger partial charge in [0.25, 0.3) is 0 Å². The number of amides is 2. The van der Waals surface area contributed by atoms with Crippen molar-refractivity contribution >= 4 is 27.1 Å². The molecule has 3 heterocycles. The number of anilines is 1. The predicted octanol–water partition coefficient (Wildman–Crippen LogP) is 5.76. The highest BCUT2D eigenvalue weighted by Crippen LogP contribution is 2.46. The summed E-state index contributed by atoms with van der Waals surface area (Å²) in [5.74, 6) is -3.18. The lowest BCUT2D eigenvalue weighted by atomic mass is 9.72. The van der Waals surface area contributed by atoms with Gasteiger partial charge in [0.05, 0.1) is 18.1 Å². The number of fused-ring (bicyclic) bond motifs is 1. The second-order valence-electron chi connectivity index (χ2n) is 11.9. The lowest BCUT2D eigenvalue weighted by Gasteiger charge is -2.38. The Morgan fingerprint density at radius 3 is 2.42 bits per heavy atom. The number of hydrogen-bond donors (Lipinski definition) is 0. The second-order valence-corrected chi connectivity index (χ2v) is 14.2. The van der Waals surface area contributed by atoms with E-state index in [2.05, 4.69) is 51.8 Å². The maximum atomic E-state index is 15.4. The van der Waals surface area contributed by atoms with Crippen LogP contribution in [0.25, 0.3) is 17.0 Å². The molecule has 2 amide bonds. The summed E-state index contributed by atoms with van der Waals surface area (Å²) < 4.78 is 82.7. The topological polar surface area (TPSA) is 99.8 Å². The molecular weight excluding hydrogens is 614 g/mol. The zero-order valence-electron chi connectivity index (χ0n) is 24.6. The Bertz CT molecular complexity index is 1770. The molecule has 3 aliphatic rings. The molecule has 6 rings (SSSR count). The van der Waals surface area contributed by atoms with E-state index in [9.17, 15) is 26.4 Å². The Hall–Kier alpha value is -4.20. The van der Waals surface area contributed by atoms with Crippen molar-refractivity contribution in [3.63, 3.8) is 0 Å². The van der Waals surface area contributed by atoms with Crippen LogP contribution in [0.1, 0.15) is 36.8 Å². The van der Waals surface area contributed by atoms with Gasteiger partial charge in [-0.15, -0.1) is 10.2 Å². The molecule has 0 N–H and O–H groups in total. The van der Waals surface area contributed by atoms with Crippen LogP contribution < -0.4 is 4.90 Å². The van der Waals surface area contributed by atoms with Gasteiger partial charge in [0, 0.05) is 48.4 Å². The number of alkyl halides is 3. The van der Waals surface area contributed by atoms with E-state index in [4.69, 9.17) is 0 Å². The number of urea groups is 1. The van der Waals surface area contributed by atoms with Crippen molar-refractivity contribution in [3.05, 3.63) is 83.7 Å². The van der Waals surface area contributed by atoms with Crippen molar-refractivity contribution in [3.8, 4) is 11.5 Å². The Labute approximate surface area is 257 Å². The van der Waals surface area contributed by atoms with Crippen molar-refractivity contribution in [2.45, 2.75) is 38.5 Å². The molecule has 2 aromatic carbocycles. The molecule has 3 aromatic rings. The minimum atomic E-state index is -4.84. The Morgan fingerprint density at radius 1 is 1.09 bits per heavy atom. The van der Waals surface area contributed by atoms with Gasteiger partial charge >= 0.3 is 18.1 Å². The van der Waals surface area contributed by atoms with Gasteiger partial charge in [0.2, 0.25) is 5.89 Å². The fourth-order valence-corrected chi connectivity index (χ4v) is 7.37. The van der Waals surface area contributed by atoms with E-state index >= 15 is 4.39 Å². The molecule has 0 saturated carbocycles. The van der Waals surface area contributed by atoms with Crippen LogP contribution >= 0.6 is 0 Å². The Kier molecular flexibility index (Phi) is 7.74. The number of carbonyl (C=O) groups is 1. The van der Waals surface area contributed by atoms with Crippen LogP contribution in [0.4, 0.5) is 28.0 Å². The van der Waals surface area contributed by atoms with E-state index < -0.39 is 39.6 Å². The Morgan fingerprint density at radius 2 is 1.78 bits per heavy atom. The summed E-state index contributed by atoms with van der Waals surface area (Å²) in [4.78, 5) is 18.8. The minimum Gasteiger partial charge on any atom is -0.413 e. The van der Waals surface area contributed by atoms with Crippen molar-refractivity contribution in [1.29, 1.82) is 0 Å². The molecule has 2 unspecified atom stereocenters. The van der Waals surface area contributed by atoms with Crippen LogP contribution in [0.15, 0.2) is 65.2 Å². The summed E-state index contributed by atoms with van der Waals surface area (Å²) in [5.41, 5.74) is 2.72. The standard InChI is InChI=1S/C31H31F4N5O4S/c1-30-11-12-38(2)26(30)10-7-22(18-30)20-5-8-24(9-6-20)40(29(41)39-13-15-45(42,43)16-14-39)19-23-4-3-21(17-25(23)32)27-36-37-28(44-27)31(33,34)35/h3-9,11-12,17,26H,10,13-16,18-19H2,1-2H3. The fourth-order valence-electron chi connectivity index (χ4n) is 6.17. The van der Waals surface area contributed by atoms with E-state index in [1.807, 2.05) is 12.1 Å². The molecule has 14 heteroatoms. The number of benzene rings is 2. The number of carbonyl (C=O) groups excluding carboxylic acids is 1. The maximum absolute atomic E-state index is 15.4. The largest absolute Gasteiger partial charge is 0.470 e. The van der Waals surface area contributed by atoms with E-state index in [-0.39, 0.29) is 47.7 Å². The first-order valence-corrected chi connectivity index (χ1v) is 16.2. The van der Waals surface area contributed by atoms with Crippen LogP contribution in [0.2, 0.25) is 0 Å². The van der Waals surface area contributed by atoms with Gasteiger partial charge in [0.1, 0.15) is 5.82 Å². The van der Waals surface area contributed by atoms with E-state index in [1.165, 1.54) is 27.5 Å². The van der Waals surface area contributed by atoms with Gasteiger partial charge in [-0.1, -0.05) is 37.3 Å². The van der Waals surface area contributed by atoms with Crippen LogP contribution in [0.3, 0.4) is 0 Å². The first kappa shape index (κ1) is 30.8. The second kappa shape index (κ2) is 11.3. The fraction of sp³-hybridized carbons (Fsp3) is 0.387. The first-order chi connectivity index (χ1) is 21.2. The van der Waals surface area contributed by atoms with Crippen molar-refractivity contribution in [2.24, 2.45) is 5.41 Å². The Balaban J connectivity index is 1.27.